The fraction of sp³-hybridized carbons (Fsp3) is 0.152. The predicted molar refractivity (Wildman–Crippen MR) is 159 cm³/mol. The monoisotopic (exact) mass is 567 g/mol. The summed E-state index contributed by atoms with van der Waals surface area (Å²) in [4.78, 5) is 27.2. The first-order valence-corrected chi connectivity index (χ1v) is 14.6. The van der Waals surface area contributed by atoms with Gasteiger partial charge in [-0.1, -0.05) is 60.2 Å². The summed E-state index contributed by atoms with van der Waals surface area (Å²) in [5, 5.41) is 0.331. The number of carbonyl (C=O) groups is 2. The first-order valence-electron chi connectivity index (χ1n) is 13.1. The summed E-state index contributed by atoms with van der Waals surface area (Å²) in [6, 6.07) is 25.4. The standard InChI is InChI=1S/C33H29NO6S/c1-5-39-33(36)30-27-20-26(17-18-28(27)40-31(30)24-9-7-6-8-10-24)34(32(35)25-15-12-21(2)13-16-25)41(37,38)29-19-22(3)11-14-23(29)4/h6-20H,5H2,1-4H3. The number of sulfonamides is 1. The zero-order chi connectivity index (χ0) is 29.3. The molecule has 0 aliphatic carbocycles. The lowest BCUT2D eigenvalue weighted by Crippen LogP contribution is -2.37. The molecule has 7 nitrogen and oxygen atoms in total. The van der Waals surface area contributed by atoms with Crippen molar-refractivity contribution in [1.29, 1.82) is 0 Å². The third-order valence-corrected chi connectivity index (χ3v) is 8.62. The summed E-state index contributed by atoms with van der Waals surface area (Å²) in [6.07, 6.45) is 0. The van der Waals surface area contributed by atoms with Crippen LogP contribution in [-0.4, -0.2) is 26.9 Å². The lowest BCUT2D eigenvalue weighted by atomic mass is 10.0. The largest absolute Gasteiger partial charge is 0.462 e. The van der Waals surface area contributed by atoms with E-state index in [-0.39, 0.29) is 28.3 Å². The molecule has 5 aromatic rings. The Morgan fingerprint density at radius 2 is 1.51 bits per heavy atom. The van der Waals surface area contributed by atoms with Crippen LogP contribution in [0.2, 0.25) is 0 Å². The van der Waals surface area contributed by atoms with Crippen molar-refractivity contribution in [1.82, 2.24) is 0 Å². The van der Waals surface area contributed by atoms with E-state index in [1.165, 1.54) is 12.1 Å². The number of furan rings is 1. The number of hydrogen-bond acceptors (Lipinski definition) is 6. The maximum Gasteiger partial charge on any atom is 0.342 e. The molecule has 0 unspecified atom stereocenters. The van der Waals surface area contributed by atoms with Crippen LogP contribution in [0.4, 0.5) is 5.69 Å². The molecule has 4 aromatic carbocycles. The van der Waals surface area contributed by atoms with Crippen molar-refractivity contribution in [2.45, 2.75) is 32.6 Å². The van der Waals surface area contributed by atoms with Crippen LogP contribution >= 0.6 is 0 Å². The molecular formula is C33H29NO6S. The Balaban J connectivity index is 1.77. The molecule has 0 saturated heterocycles. The van der Waals surface area contributed by atoms with Crippen LogP contribution in [0.5, 0.6) is 0 Å². The fourth-order valence-corrected chi connectivity index (χ4v) is 6.39. The predicted octanol–water partition coefficient (Wildman–Crippen LogP) is 7.24. The number of aryl methyl sites for hydroxylation is 3. The smallest absolute Gasteiger partial charge is 0.342 e. The number of ether oxygens (including phenoxy) is 1. The Labute approximate surface area is 239 Å². The Hall–Kier alpha value is -4.69. The molecule has 8 heteroatoms. The number of fused-ring (bicyclic) bond motifs is 1. The molecule has 0 bridgehead atoms. The van der Waals surface area contributed by atoms with Gasteiger partial charge < -0.3 is 9.15 Å². The zero-order valence-corrected chi connectivity index (χ0v) is 24.0. The number of esters is 1. The van der Waals surface area contributed by atoms with Crippen molar-refractivity contribution in [3.8, 4) is 11.3 Å². The van der Waals surface area contributed by atoms with E-state index in [2.05, 4.69) is 0 Å². The number of rotatable bonds is 7. The van der Waals surface area contributed by atoms with E-state index >= 15 is 0 Å². The quantitative estimate of drug-likeness (QED) is 0.193. The molecule has 5 rings (SSSR count). The van der Waals surface area contributed by atoms with Gasteiger partial charge in [-0.3, -0.25) is 4.79 Å². The van der Waals surface area contributed by atoms with Gasteiger partial charge >= 0.3 is 5.97 Å². The number of benzene rings is 4. The van der Waals surface area contributed by atoms with Gasteiger partial charge in [0.15, 0.2) is 0 Å². The molecule has 208 valence electrons. The number of nitrogens with zero attached hydrogens (tertiary/aromatic N) is 1. The molecule has 0 aliphatic rings. The highest BCUT2D eigenvalue weighted by molar-refractivity contribution is 7.93. The first-order chi connectivity index (χ1) is 19.6. The van der Waals surface area contributed by atoms with Crippen molar-refractivity contribution in [3.05, 3.63) is 119 Å². The second kappa shape index (κ2) is 11.1. The highest BCUT2D eigenvalue weighted by Gasteiger charge is 2.34. The normalized spacial score (nSPS) is 11.4. The van der Waals surface area contributed by atoms with Gasteiger partial charge in [0.05, 0.1) is 17.2 Å². The second-order valence-corrected chi connectivity index (χ2v) is 11.5. The topological polar surface area (TPSA) is 93.9 Å². The Bertz CT molecular complexity index is 1870. The number of hydrogen-bond donors (Lipinski definition) is 0. The second-order valence-electron chi connectivity index (χ2n) is 9.78. The molecule has 1 amide bonds. The minimum atomic E-state index is -4.39. The van der Waals surface area contributed by atoms with Crippen LogP contribution < -0.4 is 4.31 Å². The summed E-state index contributed by atoms with van der Waals surface area (Å²) in [7, 11) is -4.39. The Morgan fingerprint density at radius 3 is 2.20 bits per heavy atom. The molecule has 0 atom stereocenters. The van der Waals surface area contributed by atoms with E-state index in [9.17, 15) is 18.0 Å². The van der Waals surface area contributed by atoms with Crippen molar-refractivity contribution in [3.63, 3.8) is 0 Å². The van der Waals surface area contributed by atoms with Crippen LogP contribution in [0.1, 0.15) is 44.3 Å². The van der Waals surface area contributed by atoms with Gasteiger partial charge in [-0.05, 0) is 75.2 Å². The van der Waals surface area contributed by atoms with Gasteiger partial charge in [-0.2, -0.15) is 4.31 Å². The summed E-state index contributed by atoms with van der Waals surface area (Å²) >= 11 is 0. The van der Waals surface area contributed by atoms with E-state index in [1.807, 2.05) is 31.2 Å². The summed E-state index contributed by atoms with van der Waals surface area (Å²) in [6.45, 7) is 7.20. The molecule has 1 heterocycles. The number of amides is 1. The van der Waals surface area contributed by atoms with Crippen LogP contribution in [0.15, 0.2) is 100 Å². The molecule has 0 aliphatic heterocycles. The van der Waals surface area contributed by atoms with Crippen molar-refractivity contribution < 1.29 is 27.2 Å². The van der Waals surface area contributed by atoms with Crippen LogP contribution in [-0.2, 0) is 14.8 Å². The zero-order valence-electron chi connectivity index (χ0n) is 23.2. The van der Waals surface area contributed by atoms with Gasteiger partial charge in [0.1, 0.15) is 16.9 Å². The first kappa shape index (κ1) is 27.9. The minimum Gasteiger partial charge on any atom is -0.462 e. The third kappa shape index (κ3) is 5.26. The lowest BCUT2D eigenvalue weighted by Gasteiger charge is -2.24. The summed E-state index contributed by atoms with van der Waals surface area (Å²) < 4.78 is 40.8. The molecule has 0 fully saturated rings. The van der Waals surface area contributed by atoms with E-state index < -0.39 is 21.9 Å². The Kier molecular flexibility index (Phi) is 7.51. The fourth-order valence-electron chi connectivity index (χ4n) is 4.67. The number of anilines is 1. The minimum absolute atomic E-state index is 0.0147. The van der Waals surface area contributed by atoms with E-state index in [0.717, 1.165) is 15.4 Å². The molecular weight excluding hydrogens is 538 g/mol. The lowest BCUT2D eigenvalue weighted by molar-refractivity contribution is 0.0528. The molecule has 41 heavy (non-hydrogen) atoms. The molecule has 1 aromatic heterocycles. The van der Waals surface area contributed by atoms with Crippen molar-refractivity contribution in [2.24, 2.45) is 0 Å². The van der Waals surface area contributed by atoms with Crippen LogP contribution in [0.25, 0.3) is 22.3 Å². The molecule has 0 saturated carbocycles. The highest BCUT2D eigenvalue weighted by atomic mass is 32.2. The van der Waals surface area contributed by atoms with Gasteiger partial charge in [0, 0.05) is 16.5 Å². The molecule has 0 radical (unpaired) electrons. The van der Waals surface area contributed by atoms with Gasteiger partial charge in [-0.15, -0.1) is 0 Å². The third-order valence-electron chi connectivity index (χ3n) is 6.77. The van der Waals surface area contributed by atoms with Crippen molar-refractivity contribution >= 4 is 38.6 Å². The average Bonchev–Trinajstić information content (AvgIpc) is 3.34. The summed E-state index contributed by atoms with van der Waals surface area (Å²) in [5.74, 6) is -1.05. The average molecular weight is 568 g/mol. The van der Waals surface area contributed by atoms with Gasteiger partial charge in [-0.25, -0.2) is 13.2 Å². The van der Waals surface area contributed by atoms with E-state index in [1.54, 1.807) is 75.4 Å². The van der Waals surface area contributed by atoms with Gasteiger partial charge in [0.2, 0.25) is 0 Å². The van der Waals surface area contributed by atoms with E-state index in [0.29, 0.717) is 27.9 Å². The maximum absolute atomic E-state index is 14.3. The maximum atomic E-state index is 14.3. The highest BCUT2D eigenvalue weighted by Crippen LogP contribution is 2.38. The SMILES string of the molecule is CCOC(=O)c1c(-c2ccccc2)oc2ccc(N(C(=O)c3ccc(C)cc3)S(=O)(=O)c3cc(C)ccc3C)cc12. The van der Waals surface area contributed by atoms with Crippen LogP contribution in [0, 0.1) is 20.8 Å². The van der Waals surface area contributed by atoms with Gasteiger partial charge in [0.25, 0.3) is 15.9 Å². The van der Waals surface area contributed by atoms with Crippen LogP contribution in [0.3, 0.4) is 0 Å². The molecule has 0 N–H and O–H groups in total. The molecule has 0 spiro atoms. The van der Waals surface area contributed by atoms with Crippen molar-refractivity contribution in [2.75, 3.05) is 10.9 Å². The van der Waals surface area contributed by atoms with E-state index in [4.69, 9.17) is 9.15 Å². The number of carbonyl (C=O) groups excluding carboxylic acids is 2. The Morgan fingerprint density at radius 1 is 0.829 bits per heavy atom. The summed E-state index contributed by atoms with van der Waals surface area (Å²) in [5.41, 5.74) is 3.59.